The second kappa shape index (κ2) is 12.1. The highest BCUT2D eigenvalue weighted by Crippen LogP contribution is 2.26. The van der Waals surface area contributed by atoms with Crippen molar-refractivity contribution >= 4 is 23.3 Å². The van der Waals surface area contributed by atoms with Gasteiger partial charge in [0.05, 0.1) is 23.5 Å². The molecule has 0 aliphatic carbocycles. The van der Waals surface area contributed by atoms with E-state index in [0.717, 1.165) is 38.2 Å². The van der Waals surface area contributed by atoms with Gasteiger partial charge in [-0.1, -0.05) is 23.7 Å². The van der Waals surface area contributed by atoms with Gasteiger partial charge in [0, 0.05) is 29.7 Å². The normalized spacial score (nSPS) is 13.6. The molecule has 0 atom stereocenters. The van der Waals surface area contributed by atoms with Crippen molar-refractivity contribution in [2.45, 2.75) is 25.7 Å². The number of nitrogen functional groups attached to an aromatic ring is 1. The number of carbonyl (C=O) groups is 1. The Morgan fingerprint density at radius 2 is 1.94 bits per heavy atom. The summed E-state index contributed by atoms with van der Waals surface area (Å²) < 4.78 is 33.2. The van der Waals surface area contributed by atoms with Gasteiger partial charge in [-0.05, 0) is 63.2 Å². The maximum absolute atomic E-state index is 14.0. The van der Waals surface area contributed by atoms with Crippen molar-refractivity contribution in [3.8, 4) is 17.1 Å². The standard InChI is InChI=1S/C26H28ClF2N5O2/c27-23-19(20(28)7-8-21(23)29)9-14-36-26-24(30)32-16-22(33-26)17-5-3-6-18(15-17)25(35)31-10-4-13-34-11-1-2-12-34/h3,5-8,15-16H,1-2,4,9-14H2,(H2,30,32)(H,31,35). The van der Waals surface area contributed by atoms with Crippen molar-refractivity contribution in [2.75, 3.05) is 38.5 Å². The summed E-state index contributed by atoms with van der Waals surface area (Å²) in [5.74, 6) is -1.38. The zero-order valence-electron chi connectivity index (χ0n) is 19.8. The number of ether oxygens (including phenoxy) is 1. The van der Waals surface area contributed by atoms with Crippen LogP contribution in [0.3, 0.4) is 0 Å². The van der Waals surface area contributed by atoms with Crippen LogP contribution in [0, 0.1) is 11.6 Å². The zero-order valence-corrected chi connectivity index (χ0v) is 20.5. The van der Waals surface area contributed by atoms with Gasteiger partial charge in [0.1, 0.15) is 11.6 Å². The van der Waals surface area contributed by atoms with Crippen molar-refractivity contribution in [3.05, 3.63) is 70.4 Å². The number of hydrogen-bond acceptors (Lipinski definition) is 6. The number of rotatable bonds is 10. The predicted molar refractivity (Wildman–Crippen MR) is 135 cm³/mol. The first kappa shape index (κ1) is 25.8. The van der Waals surface area contributed by atoms with E-state index in [1.165, 1.54) is 19.0 Å². The van der Waals surface area contributed by atoms with Crippen molar-refractivity contribution in [3.63, 3.8) is 0 Å². The molecule has 7 nitrogen and oxygen atoms in total. The fraction of sp³-hybridized carbons (Fsp3) is 0.346. The molecule has 10 heteroatoms. The number of nitrogens with two attached hydrogens (primary N) is 1. The Morgan fingerprint density at radius 3 is 2.75 bits per heavy atom. The van der Waals surface area contributed by atoms with E-state index in [2.05, 4.69) is 20.2 Å². The summed E-state index contributed by atoms with van der Waals surface area (Å²) in [6.45, 7) is 3.83. The first-order valence-electron chi connectivity index (χ1n) is 11.9. The number of halogens is 3. The fourth-order valence-electron chi connectivity index (χ4n) is 4.11. The zero-order chi connectivity index (χ0) is 25.5. The first-order valence-corrected chi connectivity index (χ1v) is 12.3. The molecular formula is C26H28ClF2N5O2. The lowest BCUT2D eigenvalue weighted by atomic mass is 10.1. The molecule has 0 radical (unpaired) electrons. The molecule has 1 aliphatic heterocycles. The molecule has 0 saturated carbocycles. The molecule has 0 spiro atoms. The van der Waals surface area contributed by atoms with Crippen LogP contribution in [-0.2, 0) is 6.42 Å². The van der Waals surface area contributed by atoms with E-state index in [4.69, 9.17) is 22.1 Å². The van der Waals surface area contributed by atoms with E-state index < -0.39 is 11.6 Å². The highest BCUT2D eigenvalue weighted by Gasteiger charge is 2.15. The highest BCUT2D eigenvalue weighted by atomic mass is 35.5. The Balaban J connectivity index is 1.37. The lowest BCUT2D eigenvalue weighted by Crippen LogP contribution is -2.28. The largest absolute Gasteiger partial charge is 0.475 e. The third-order valence-corrected chi connectivity index (χ3v) is 6.46. The summed E-state index contributed by atoms with van der Waals surface area (Å²) in [7, 11) is 0. The van der Waals surface area contributed by atoms with Crippen LogP contribution in [0.5, 0.6) is 5.88 Å². The molecule has 1 aromatic heterocycles. The van der Waals surface area contributed by atoms with Gasteiger partial charge in [-0.3, -0.25) is 4.79 Å². The molecule has 1 amide bonds. The first-order chi connectivity index (χ1) is 17.4. The third kappa shape index (κ3) is 6.47. The number of nitrogens with zero attached hydrogens (tertiary/aromatic N) is 3. The number of aromatic nitrogens is 2. The van der Waals surface area contributed by atoms with E-state index in [0.29, 0.717) is 23.4 Å². The van der Waals surface area contributed by atoms with Crippen molar-refractivity contribution in [1.82, 2.24) is 20.2 Å². The van der Waals surface area contributed by atoms with Crippen LogP contribution in [0.2, 0.25) is 5.02 Å². The molecule has 1 saturated heterocycles. The van der Waals surface area contributed by atoms with E-state index in [-0.39, 0.29) is 41.2 Å². The van der Waals surface area contributed by atoms with Crippen molar-refractivity contribution < 1.29 is 18.3 Å². The lowest BCUT2D eigenvalue weighted by Gasteiger charge is -2.14. The monoisotopic (exact) mass is 515 g/mol. The minimum atomic E-state index is -0.704. The van der Waals surface area contributed by atoms with E-state index in [1.54, 1.807) is 24.3 Å². The van der Waals surface area contributed by atoms with Gasteiger partial charge in [-0.15, -0.1) is 0 Å². The van der Waals surface area contributed by atoms with Gasteiger partial charge in [-0.25, -0.2) is 18.7 Å². The fourth-order valence-corrected chi connectivity index (χ4v) is 4.36. The Labute approximate surface area is 213 Å². The molecular weight excluding hydrogens is 488 g/mol. The van der Waals surface area contributed by atoms with Crippen LogP contribution >= 0.6 is 11.6 Å². The van der Waals surface area contributed by atoms with Gasteiger partial charge in [0.15, 0.2) is 5.82 Å². The Kier molecular flexibility index (Phi) is 8.66. The van der Waals surface area contributed by atoms with Crippen LogP contribution in [-0.4, -0.2) is 53.6 Å². The van der Waals surface area contributed by atoms with Gasteiger partial charge < -0.3 is 20.7 Å². The average molecular weight is 516 g/mol. The van der Waals surface area contributed by atoms with Crippen molar-refractivity contribution in [2.24, 2.45) is 0 Å². The molecule has 0 unspecified atom stereocenters. The van der Waals surface area contributed by atoms with Gasteiger partial charge in [0.25, 0.3) is 11.8 Å². The number of carbonyl (C=O) groups excluding carboxylic acids is 1. The molecule has 3 N–H and O–H groups in total. The second-order valence-electron chi connectivity index (χ2n) is 8.60. The summed E-state index contributed by atoms with van der Waals surface area (Å²) in [6, 6.07) is 9.01. The molecule has 190 valence electrons. The number of nitrogens with one attached hydrogen (secondary N) is 1. The summed E-state index contributed by atoms with van der Waals surface area (Å²) in [5.41, 5.74) is 7.53. The number of likely N-dealkylation sites (tertiary alicyclic amines) is 1. The van der Waals surface area contributed by atoms with Gasteiger partial charge >= 0.3 is 0 Å². The molecule has 4 rings (SSSR count). The van der Waals surface area contributed by atoms with Crippen LogP contribution in [0.25, 0.3) is 11.3 Å². The lowest BCUT2D eigenvalue weighted by molar-refractivity contribution is 0.0952. The Bertz CT molecular complexity index is 1220. The SMILES string of the molecule is Nc1ncc(-c2cccc(C(=O)NCCCN3CCCC3)c2)nc1OCCc1c(F)ccc(F)c1Cl. The number of benzene rings is 2. The topological polar surface area (TPSA) is 93.4 Å². The number of amides is 1. The predicted octanol–water partition coefficient (Wildman–Crippen LogP) is 4.49. The van der Waals surface area contributed by atoms with Gasteiger partial charge in [-0.2, -0.15) is 0 Å². The van der Waals surface area contributed by atoms with E-state index in [9.17, 15) is 13.6 Å². The molecule has 0 bridgehead atoms. The number of anilines is 1. The molecule has 3 aromatic rings. The molecule has 36 heavy (non-hydrogen) atoms. The molecule has 1 aliphatic rings. The average Bonchev–Trinajstić information content (AvgIpc) is 3.41. The minimum absolute atomic E-state index is 0.0125. The Hall–Kier alpha value is -3.30. The summed E-state index contributed by atoms with van der Waals surface area (Å²) in [4.78, 5) is 23.6. The molecule has 2 heterocycles. The Morgan fingerprint density at radius 1 is 1.17 bits per heavy atom. The van der Waals surface area contributed by atoms with Crippen LogP contribution < -0.4 is 15.8 Å². The van der Waals surface area contributed by atoms with Crippen LogP contribution in [0.4, 0.5) is 14.6 Å². The molecule has 2 aromatic carbocycles. The summed E-state index contributed by atoms with van der Waals surface area (Å²) >= 11 is 5.87. The maximum Gasteiger partial charge on any atom is 0.257 e. The molecule has 1 fully saturated rings. The quantitative estimate of drug-likeness (QED) is 0.305. The third-order valence-electron chi connectivity index (χ3n) is 6.05. The van der Waals surface area contributed by atoms with Gasteiger partial charge in [0.2, 0.25) is 0 Å². The summed E-state index contributed by atoms with van der Waals surface area (Å²) in [5, 5.41) is 2.68. The van der Waals surface area contributed by atoms with Crippen molar-refractivity contribution in [1.29, 1.82) is 0 Å². The highest BCUT2D eigenvalue weighted by molar-refractivity contribution is 6.31. The summed E-state index contributed by atoms with van der Waals surface area (Å²) in [6.07, 6.45) is 4.90. The van der Waals surface area contributed by atoms with Crippen LogP contribution in [0.15, 0.2) is 42.6 Å². The smallest absolute Gasteiger partial charge is 0.257 e. The maximum atomic E-state index is 14.0. The van der Waals surface area contributed by atoms with E-state index >= 15 is 0 Å². The number of hydrogen-bond donors (Lipinski definition) is 2. The second-order valence-corrected chi connectivity index (χ2v) is 8.98. The van der Waals surface area contributed by atoms with Crippen LogP contribution in [0.1, 0.15) is 35.2 Å². The van der Waals surface area contributed by atoms with E-state index in [1.807, 2.05) is 0 Å². The minimum Gasteiger partial charge on any atom is -0.475 e.